The quantitative estimate of drug-likeness (QED) is 0.770. The van der Waals surface area contributed by atoms with Crippen LogP contribution in [0.5, 0.6) is 5.75 Å². The molecule has 6 heteroatoms. The number of aromatic hydroxyl groups is 1. The first-order chi connectivity index (χ1) is 10.5. The fourth-order valence-electron chi connectivity index (χ4n) is 2.79. The van der Waals surface area contributed by atoms with Crippen molar-refractivity contribution in [2.24, 2.45) is 5.92 Å². The van der Waals surface area contributed by atoms with Crippen LogP contribution in [0.3, 0.4) is 0 Å². The topological polar surface area (TPSA) is 96.2 Å². The van der Waals surface area contributed by atoms with Crippen LogP contribution in [0.25, 0.3) is 0 Å². The van der Waals surface area contributed by atoms with E-state index in [0.29, 0.717) is 11.3 Å². The molecule has 0 bridgehead atoms. The second kappa shape index (κ2) is 5.38. The number of phenolic OH excluding ortho intramolecular Hbond substituents is 1. The van der Waals surface area contributed by atoms with Gasteiger partial charge in [0.1, 0.15) is 17.6 Å². The maximum Gasteiger partial charge on any atom is 0.181 e. The minimum absolute atomic E-state index is 0.0354. The van der Waals surface area contributed by atoms with Crippen LogP contribution in [0.15, 0.2) is 47.6 Å². The molecule has 1 saturated heterocycles. The Kier molecular flexibility index (Phi) is 3.54. The number of benzene rings is 1. The van der Waals surface area contributed by atoms with Crippen molar-refractivity contribution in [1.29, 1.82) is 0 Å². The molecule has 3 rings (SSSR count). The summed E-state index contributed by atoms with van der Waals surface area (Å²) in [6, 6.07) is 6.16. The number of hydrogen-bond donors (Lipinski definition) is 3. The minimum Gasteiger partial charge on any atom is -0.508 e. The maximum atomic E-state index is 12.3. The summed E-state index contributed by atoms with van der Waals surface area (Å²) in [6.07, 6.45) is -0.476. The van der Waals surface area contributed by atoms with Crippen molar-refractivity contribution in [3.05, 3.63) is 53.2 Å². The summed E-state index contributed by atoms with van der Waals surface area (Å²) >= 11 is 0. The lowest BCUT2D eigenvalue weighted by Gasteiger charge is -2.36. The number of carbonyl (C=O) groups is 1. The molecule has 0 radical (unpaired) electrons. The molecular formula is C16H16O6. The Morgan fingerprint density at radius 1 is 1.23 bits per heavy atom. The van der Waals surface area contributed by atoms with E-state index in [1.54, 1.807) is 12.1 Å². The molecular weight excluding hydrogens is 288 g/mol. The first-order valence-electron chi connectivity index (χ1n) is 6.86. The standard InChI is InChI=1S/C16H16O6/c1-21-16-12(19)7-13-10(14(16)20)6-11(18)15(22-13)8-2-4-9(17)5-3-8/h2-5,7,10,14-15,17,19-20H,6H2,1H3. The van der Waals surface area contributed by atoms with Gasteiger partial charge in [-0.15, -0.1) is 0 Å². The molecule has 1 fully saturated rings. The smallest absolute Gasteiger partial charge is 0.181 e. The third-order valence-electron chi connectivity index (χ3n) is 3.93. The van der Waals surface area contributed by atoms with Crippen molar-refractivity contribution < 1.29 is 29.6 Å². The van der Waals surface area contributed by atoms with Gasteiger partial charge < -0.3 is 24.8 Å². The van der Waals surface area contributed by atoms with Crippen LogP contribution in [-0.4, -0.2) is 34.3 Å². The van der Waals surface area contributed by atoms with E-state index in [9.17, 15) is 20.1 Å². The van der Waals surface area contributed by atoms with Crippen LogP contribution < -0.4 is 0 Å². The lowest BCUT2D eigenvalue weighted by molar-refractivity contribution is -0.137. The van der Waals surface area contributed by atoms with Gasteiger partial charge in [-0.3, -0.25) is 4.79 Å². The van der Waals surface area contributed by atoms with Crippen LogP contribution in [0.2, 0.25) is 0 Å². The number of Topliss-reactive ketones (excluding diaryl/α,β-unsaturated/α-hetero) is 1. The number of phenols is 1. The van der Waals surface area contributed by atoms with Crippen molar-refractivity contribution in [1.82, 2.24) is 0 Å². The average molecular weight is 304 g/mol. The third kappa shape index (κ3) is 2.31. The largest absolute Gasteiger partial charge is 0.508 e. The Labute approximate surface area is 126 Å². The summed E-state index contributed by atoms with van der Waals surface area (Å²) < 4.78 is 10.6. The monoisotopic (exact) mass is 304 g/mol. The highest BCUT2D eigenvalue weighted by molar-refractivity contribution is 5.86. The zero-order valence-corrected chi connectivity index (χ0v) is 11.9. The summed E-state index contributed by atoms with van der Waals surface area (Å²) in [5.41, 5.74) is 0.609. The number of ketones is 1. The van der Waals surface area contributed by atoms with Gasteiger partial charge in [-0.2, -0.15) is 0 Å². The van der Waals surface area contributed by atoms with E-state index < -0.39 is 18.1 Å². The molecule has 3 N–H and O–H groups in total. The molecule has 0 saturated carbocycles. The second-order valence-electron chi connectivity index (χ2n) is 5.31. The molecule has 0 spiro atoms. The van der Waals surface area contributed by atoms with Gasteiger partial charge in [0, 0.05) is 18.1 Å². The van der Waals surface area contributed by atoms with E-state index in [2.05, 4.69) is 0 Å². The molecule has 1 aliphatic heterocycles. The number of ether oxygens (including phenoxy) is 2. The first-order valence-corrected chi connectivity index (χ1v) is 6.86. The lowest BCUT2D eigenvalue weighted by Crippen LogP contribution is -2.38. The normalized spacial score (nSPS) is 27.8. The van der Waals surface area contributed by atoms with Crippen LogP contribution in [0.1, 0.15) is 18.1 Å². The Balaban J connectivity index is 1.92. The fourth-order valence-corrected chi connectivity index (χ4v) is 2.79. The summed E-state index contributed by atoms with van der Waals surface area (Å²) in [4.78, 5) is 12.3. The van der Waals surface area contributed by atoms with E-state index in [4.69, 9.17) is 9.47 Å². The zero-order valence-electron chi connectivity index (χ0n) is 11.9. The van der Waals surface area contributed by atoms with E-state index >= 15 is 0 Å². The first kappa shape index (κ1) is 14.5. The van der Waals surface area contributed by atoms with Crippen LogP contribution in [0, 0.1) is 5.92 Å². The van der Waals surface area contributed by atoms with E-state index in [-0.39, 0.29) is 29.5 Å². The van der Waals surface area contributed by atoms with E-state index in [1.807, 2.05) is 0 Å². The Morgan fingerprint density at radius 2 is 1.91 bits per heavy atom. The van der Waals surface area contributed by atoms with Gasteiger partial charge in [0.05, 0.1) is 13.0 Å². The number of allylic oxidation sites excluding steroid dienone is 1. The van der Waals surface area contributed by atoms with E-state index in [0.717, 1.165) is 0 Å². The number of carbonyl (C=O) groups excluding carboxylic acids is 1. The number of methoxy groups -OCH3 is 1. The molecule has 3 unspecified atom stereocenters. The molecule has 3 atom stereocenters. The van der Waals surface area contributed by atoms with Gasteiger partial charge in [-0.25, -0.2) is 0 Å². The molecule has 1 aromatic rings. The highest BCUT2D eigenvalue weighted by atomic mass is 16.5. The van der Waals surface area contributed by atoms with Crippen LogP contribution in [0.4, 0.5) is 0 Å². The van der Waals surface area contributed by atoms with Crippen molar-refractivity contribution in [3.8, 4) is 5.75 Å². The van der Waals surface area contributed by atoms with Crippen molar-refractivity contribution in [2.45, 2.75) is 18.6 Å². The Bertz CT molecular complexity index is 658. The average Bonchev–Trinajstić information content (AvgIpc) is 2.49. The van der Waals surface area contributed by atoms with Gasteiger partial charge in [-0.05, 0) is 12.1 Å². The van der Waals surface area contributed by atoms with Crippen molar-refractivity contribution in [2.75, 3.05) is 7.11 Å². The Morgan fingerprint density at radius 3 is 2.55 bits per heavy atom. The Hall–Kier alpha value is -2.47. The summed E-state index contributed by atoms with van der Waals surface area (Å²) in [7, 11) is 1.35. The molecule has 1 aromatic carbocycles. The van der Waals surface area contributed by atoms with Crippen LogP contribution in [-0.2, 0) is 14.3 Å². The molecule has 2 aliphatic rings. The van der Waals surface area contributed by atoms with Gasteiger partial charge in [0.2, 0.25) is 0 Å². The molecule has 22 heavy (non-hydrogen) atoms. The summed E-state index contributed by atoms with van der Waals surface area (Å²) in [5.74, 6) is -0.463. The predicted molar refractivity (Wildman–Crippen MR) is 75.8 cm³/mol. The molecule has 1 heterocycles. The lowest BCUT2D eigenvalue weighted by atomic mass is 9.84. The molecule has 1 aliphatic carbocycles. The highest BCUT2D eigenvalue weighted by Gasteiger charge is 2.43. The number of aliphatic hydroxyl groups excluding tert-OH is 2. The van der Waals surface area contributed by atoms with Crippen LogP contribution >= 0.6 is 0 Å². The number of hydrogen-bond acceptors (Lipinski definition) is 6. The van der Waals surface area contributed by atoms with Crippen molar-refractivity contribution in [3.63, 3.8) is 0 Å². The maximum absolute atomic E-state index is 12.3. The fraction of sp³-hybridized carbons (Fsp3) is 0.312. The zero-order chi connectivity index (χ0) is 15.9. The van der Waals surface area contributed by atoms with Gasteiger partial charge in [-0.1, -0.05) is 12.1 Å². The minimum atomic E-state index is -1.12. The van der Waals surface area contributed by atoms with Gasteiger partial charge >= 0.3 is 0 Å². The highest BCUT2D eigenvalue weighted by Crippen LogP contribution is 2.41. The number of fused-ring (bicyclic) bond motifs is 1. The molecule has 116 valence electrons. The summed E-state index contributed by atoms with van der Waals surface area (Å²) in [5, 5.41) is 29.4. The molecule has 0 aromatic heterocycles. The predicted octanol–water partition coefficient (Wildman–Crippen LogP) is 1.71. The third-order valence-corrected chi connectivity index (χ3v) is 3.93. The summed E-state index contributed by atoms with van der Waals surface area (Å²) in [6.45, 7) is 0. The van der Waals surface area contributed by atoms with E-state index in [1.165, 1.54) is 25.3 Å². The SMILES string of the molecule is COC1=C(O)C=C2OC(c3ccc(O)cc3)C(=O)CC2C1O. The molecule has 0 amide bonds. The van der Waals surface area contributed by atoms with Gasteiger partial charge in [0.15, 0.2) is 23.4 Å². The number of aliphatic hydroxyl groups is 2. The molecule has 6 nitrogen and oxygen atoms in total. The van der Waals surface area contributed by atoms with Crippen molar-refractivity contribution >= 4 is 5.78 Å². The second-order valence-corrected chi connectivity index (χ2v) is 5.31. The number of rotatable bonds is 2. The van der Waals surface area contributed by atoms with Gasteiger partial charge in [0.25, 0.3) is 0 Å².